The molecular formula is C21H25N3. The number of para-hydroxylation sites is 2. The number of fused-ring (bicyclic) bond motifs is 1. The van der Waals surface area contributed by atoms with Crippen LogP contribution in [0.2, 0.25) is 0 Å². The second-order valence-corrected chi connectivity index (χ2v) is 6.71. The summed E-state index contributed by atoms with van der Waals surface area (Å²) in [5.41, 5.74) is 3.73. The average Bonchev–Trinajstić information content (AvgIpc) is 3.05. The fraction of sp³-hybridized carbons (Fsp3) is 0.333. The van der Waals surface area contributed by atoms with Crippen molar-refractivity contribution < 1.29 is 0 Å². The molecule has 2 heterocycles. The molecule has 124 valence electrons. The first-order valence-electron chi connectivity index (χ1n) is 9.01. The number of aromatic nitrogens is 1. The predicted molar refractivity (Wildman–Crippen MR) is 101 cm³/mol. The average molecular weight is 319 g/mol. The van der Waals surface area contributed by atoms with E-state index in [0.29, 0.717) is 6.17 Å². The van der Waals surface area contributed by atoms with E-state index in [0.717, 1.165) is 6.42 Å². The maximum atomic E-state index is 3.75. The largest absolute Gasteiger partial charge is 0.369 e. The van der Waals surface area contributed by atoms with Crippen LogP contribution in [-0.2, 0) is 6.42 Å². The molecule has 3 nitrogen and oxygen atoms in total. The SMILES string of the molecule is c1ccc(NC(Cc2cc3ccccc3[nH]2)N2CCCCC2)cc1. The Kier molecular flexibility index (Phi) is 4.52. The molecule has 2 N–H and O–H groups in total. The monoisotopic (exact) mass is 319 g/mol. The van der Waals surface area contributed by atoms with Gasteiger partial charge in [-0.3, -0.25) is 4.90 Å². The Morgan fingerprint density at radius 2 is 1.67 bits per heavy atom. The Balaban J connectivity index is 1.56. The van der Waals surface area contributed by atoms with Gasteiger partial charge in [0.2, 0.25) is 0 Å². The Bertz CT molecular complexity index is 739. The topological polar surface area (TPSA) is 31.1 Å². The van der Waals surface area contributed by atoms with Gasteiger partial charge in [0.05, 0.1) is 6.17 Å². The molecule has 0 aliphatic carbocycles. The van der Waals surface area contributed by atoms with Crippen LogP contribution in [0, 0.1) is 0 Å². The minimum absolute atomic E-state index is 0.334. The van der Waals surface area contributed by atoms with Crippen molar-refractivity contribution in [3.8, 4) is 0 Å². The van der Waals surface area contributed by atoms with Crippen molar-refractivity contribution in [2.45, 2.75) is 31.8 Å². The summed E-state index contributed by atoms with van der Waals surface area (Å²) in [7, 11) is 0. The fourth-order valence-corrected chi connectivity index (χ4v) is 3.68. The highest BCUT2D eigenvalue weighted by Crippen LogP contribution is 2.21. The Morgan fingerprint density at radius 1 is 0.917 bits per heavy atom. The minimum Gasteiger partial charge on any atom is -0.369 e. The first-order chi connectivity index (χ1) is 11.9. The van der Waals surface area contributed by atoms with Gasteiger partial charge in [-0.25, -0.2) is 0 Å². The number of nitrogens with zero attached hydrogens (tertiary/aromatic N) is 1. The summed E-state index contributed by atoms with van der Waals surface area (Å²) in [6.45, 7) is 2.37. The number of anilines is 1. The second kappa shape index (κ2) is 7.10. The van der Waals surface area contributed by atoms with Gasteiger partial charge in [0.1, 0.15) is 0 Å². The number of H-pyrrole nitrogens is 1. The van der Waals surface area contributed by atoms with E-state index in [1.54, 1.807) is 0 Å². The summed E-state index contributed by atoms with van der Waals surface area (Å²) < 4.78 is 0. The molecular weight excluding hydrogens is 294 g/mol. The van der Waals surface area contributed by atoms with Gasteiger partial charge < -0.3 is 10.3 Å². The molecule has 0 amide bonds. The second-order valence-electron chi connectivity index (χ2n) is 6.71. The number of piperidine rings is 1. The molecule has 0 bridgehead atoms. The van der Waals surface area contributed by atoms with Gasteiger partial charge in [-0.15, -0.1) is 0 Å². The zero-order valence-corrected chi connectivity index (χ0v) is 14.0. The van der Waals surface area contributed by atoms with Crippen molar-refractivity contribution in [3.63, 3.8) is 0 Å². The normalized spacial score (nSPS) is 17.0. The quantitative estimate of drug-likeness (QED) is 0.718. The van der Waals surface area contributed by atoms with Gasteiger partial charge in [0, 0.05) is 36.4 Å². The van der Waals surface area contributed by atoms with Crippen molar-refractivity contribution in [1.82, 2.24) is 9.88 Å². The lowest BCUT2D eigenvalue weighted by Gasteiger charge is -2.35. The van der Waals surface area contributed by atoms with Crippen LogP contribution in [0.3, 0.4) is 0 Å². The van der Waals surface area contributed by atoms with E-state index in [2.05, 4.69) is 75.9 Å². The molecule has 0 saturated carbocycles. The molecule has 3 aromatic rings. The molecule has 2 aromatic carbocycles. The predicted octanol–water partition coefficient (Wildman–Crippen LogP) is 4.63. The van der Waals surface area contributed by atoms with Crippen LogP contribution >= 0.6 is 0 Å². The Hall–Kier alpha value is -2.26. The van der Waals surface area contributed by atoms with E-state index in [-0.39, 0.29) is 0 Å². The maximum absolute atomic E-state index is 3.75. The van der Waals surface area contributed by atoms with E-state index < -0.39 is 0 Å². The zero-order chi connectivity index (χ0) is 16.2. The number of nitrogens with one attached hydrogen (secondary N) is 2. The number of benzene rings is 2. The third kappa shape index (κ3) is 3.46. The molecule has 1 aliphatic heterocycles. The minimum atomic E-state index is 0.334. The number of hydrogen-bond acceptors (Lipinski definition) is 2. The van der Waals surface area contributed by atoms with Crippen LogP contribution in [0.15, 0.2) is 60.7 Å². The van der Waals surface area contributed by atoms with E-state index in [4.69, 9.17) is 0 Å². The summed E-state index contributed by atoms with van der Waals surface area (Å²) in [5.74, 6) is 0. The van der Waals surface area contributed by atoms with Crippen LogP contribution in [0.25, 0.3) is 10.9 Å². The number of aromatic amines is 1. The molecule has 1 unspecified atom stereocenters. The number of hydrogen-bond donors (Lipinski definition) is 2. The van der Waals surface area contributed by atoms with E-state index >= 15 is 0 Å². The molecule has 3 heteroatoms. The van der Waals surface area contributed by atoms with Gasteiger partial charge in [-0.05, 0) is 42.5 Å². The molecule has 4 rings (SSSR count). The summed E-state index contributed by atoms with van der Waals surface area (Å²) >= 11 is 0. The van der Waals surface area contributed by atoms with Crippen LogP contribution < -0.4 is 5.32 Å². The summed E-state index contributed by atoms with van der Waals surface area (Å²) in [5, 5.41) is 5.04. The number of rotatable bonds is 5. The van der Waals surface area contributed by atoms with Gasteiger partial charge in [0.15, 0.2) is 0 Å². The van der Waals surface area contributed by atoms with Gasteiger partial charge >= 0.3 is 0 Å². The van der Waals surface area contributed by atoms with Crippen molar-refractivity contribution >= 4 is 16.6 Å². The zero-order valence-electron chi connectivity index (χ0n) is 14.0. The number of likely N-dealkylation sites (tertiary alicyclic amines) is 1. The van der Waals surface area contributed by atoms with Crippen molar-refractivity contribution in [2.24, 2.45) is 0 Å². The Labute approximate surface area is 143 Å². The smallest absolute Gasteiger partial charge is 0.0848 e. The highest BCUT2D eigenvalue weighted by atomic mass is 15.3. The highest BCUT2D eigenvalue weighted by Gasteiger charge is 2.21. The van der Waals surface area contributed by atoms with Gasteiger partial charge in [-0.2, -0.15) is 0 Å². The Morgan fingerprint density at radius 3 is 2.46 bits per heavy atom. The highest BCUT2D eigenvalue weighted by molar-refractivity contribution is 5.80. The third-order valence-corrected chi connectivity index (χ3v) is 4.94. The molecule has 1 atom stereocenters. The maximum Gasteiger partial charge on any atom is 0.0848 e. The first kappa shape index (κ1) is 15.3. The van der Waals surface area contributed by atoms with E-state index in [9.17, 15) is 0 Å². The fourth-order valence-electron chi connectivity index (χ4n) is 3.68. The molecule has 1 aromatic heterocycles. The lowest BCUT2D eigenvalue weighted by Crippen LogP contribution is -2.45. The van der Waals surface area contributed by atoms with Crippen molar-refractivity contribution in [1.29, 1.82) is 0 Å². The van der Waals surface area contributed by atoms with Gasteiger partial charge in [0.25, 0.3) is 0 Å². The van der Waals surface area contributed by atoms with Gasteiger partial charge in [-0.1, -0.05) is 42.8 Å². The summed E-state index contributed by atoms with van der Waals surface area (Å²) in [4.78, 5) is 6.18. The summed E-state index contributed by atoms with van der Waals surface area (Å²) in [6, 6.07) is 21.4. The molecule has 0 radical (unpaired) electrons. The van der Waals surface area contributed by atoms with Crippen LogP contribution in [0.1, 0.15) is 25.0 Å². The molecule has 0 spiro atoms. The van der Waals surface area contributed by atoms with Crippen LogP contribution in [0.5, 0.6) is 0 Å². The third-order valence-electron chi connectivity index (χ3n) is 4.94. The van der Waals surface area contributed by atoms with Crippen LogP contribution in [-0.4, -0.2) is 29.1 Å². The van der Waals surface area contributed by atoms with Crippen LogP contribution in [0.4, 0.5) is 5.69 Å². The van der Waals surface area contributed by atoms with Crippen molar-refractivity contribution in [3.05, 3.63) is 66.4 Å². The summed E-state index contributed by atoms with van der Waals surface area (Å²) in [6.07, 6.45) is 5.30. The molecule has 24 heavy (non-hydrogen) atoms. The van der Waals surface area contributed by atoms with Crippen molar-refractivity contribution in [2.75, 3.05) is 18.4 Å². The molecule has 1 fully saturated rings. The lowest BCUT2D eigenvalue weighted by atomic mass is 10.1. The first-order valence-corrected chi connectivity index (χ1v) is 9.01. The lowest BCUT2D eigenvalue weighted by molar-refractivity contribution is 0.178. The van der Waals surface area contributed by atoms with E-state index in [1.165, 1.54) is 54.6 Å². The standard InChI is InChI=1S/C21H25N3/c1-3-10-18(11-4-1)23-21(24-13-7-2-8-14-24)16-19-15-17-9-5-6-12-20(17)22-19/h1,3-6,9-12,15,21-23H,2,7-8,13-14,16H2. The molecule has 1 saturated heterocycles. The van der Waals surface area contributed by atoms with E-state index in [1.807, 2.05) is 0 Å². The molecule has 1 aliphatic rings.